The van der Waals surface area contributed by atoms with E-state index >= 15 is 0 Å². The van der Waals surface area contributed by atoms with Gasteiger partial charge in [0.05, 0.1) is 15.7 Å². The van der Waals surface area contributed by atoms with Gasteiger partial charge in [0.15, 0.2) is 5.58 Å². The highest BCUT2D eigenvalue weighted by Crippen LogP contribution is 2.34. The Kier molecular flexibility index (Phi) is 3.40. The van der Waals surface area contributed by atoms with Crippen LogP contribution in [-0.2, 0) is 9.59 Å². The molecule has 24 heavy (non-hydrogen) atoms. The van der Waals surface area contributed by atoms with Crippen LogP contribution in [0.3, 0.4) is 0 Å². The van der Waals surface area contributed by atoms with Crippen molar-refractivity contribution in [3.8, 4) is 11.5 Å². The van der Waals surface area contributed by atoms with Gasteiger partial charge >= 0.3 is 0 Å². The van der Waals surface area contributed by atoms with Gasteiger partial charge in [-0.05, 0) is 36.4 Å². The van der Waals surface area contributed by atoms with Crippen molar-refractivity contribution in [1.82, 2.24) is 4.98 Å². The lowest BCUT2D eigenvalue weighted by Crippen LogP contribution is -2.29. The summed E-state index contributed by atoms with van der Waals surface area (Å²) >= 11 is 12.2. The summed E-state index contributed by atoms with van der Waals surface area (Å²) in [6.45, 7) is 0. The lowest BCUT2D eigenvalue weighted by atomic mass is 10.2. The molecule has 1 aliphatic heterocycles. The van der Waals surface area contributed by atoms with Gasteiger partial charge in [0.25, 0.3) is 11.8 Å². The molecule has 1 aliphatic rings. The highest BCUT2D eigenvalue weighted by Gasteiger charge is 2.25. The van der Waals surface area contributed by atoms with E-state index < -0.39 is 0 Å². The number of fused-ring (bicyclic) bond motifs is 1. The molecule has 0 bridgehead atoms. The molecule has 2 aromatic carbocycles. The molecule has 0 unspecified atom stereocenters. The second-order valence-electron chi connectivity index (χ2n) is 5.12. The fourth-order valence-corrected chi connectivity index (χ4v) is 2.86. The summed E-state index contributed by atoms with van der Waals surface area (Å²) in [6.07, 6.45) is 2.47. The molecule has 1 aromatic heterocycles. The summed E-state index contributed by atoms with van der Waals surface area (Å²) < 4.78 is 5.69. The van der Waals surface area contributed by atoms with Crippen molar-refractivity contribution in [3.05, 3.63) is 58.6 Å². The number of hydrogen-bond acceptors (Lipinski definition) is 4. The van der Waals surface area contributed by atoms with Crippen LogP contribution in [0.4, 0.5) is 5.69 Å². The minimum absolute atomic E-state index is 0.351. The number of rotatable bonds is 2. The summed E-state index contributed by atoms with van der Waals surface area (Å²) in [5, 5.41) is 0.865. The Balaban J connectivity index is 1.73. The molecule has 5 nitrogen and oxygen atoms in total. The first-order valence-electron chi connectivity index (χ1n) is 6.96. The van der Waals surface area contributed by atoms with Crippen LogP contribution in [0.1, 0.15) is 0 Å². The molecule has 0 radical (unpaired) electrons. The first-order chi connectivity index (χ1) is 11.5. The number of amides is 2. The molecule has 2 amide bonds. The van der Waals surface area contributed by atoms with Crippen molar-refractivity contribution in [1.29, 1.82) is 0 Å². The van der Waals surface area contributed by atoms with Gasteiger partial charge in [-0.3, -0.25) is 9.59 Å². The summed E-state index contributed by atoms with van der Waals surface area (Å²) in [5.41, 5.74) is 2.05. The zero-order valence-corrected chi connectivity index (χ0v) is 13.5. The molecule has 7 heteroatoms. The van der Waals surface area contributed by atoms with E-state index in [1.807, 2.05) is 0 Å². The molecular formula is C17H8Cl2N2O3. The summed E-state index contributed by atoms with van der Waals surface area (Å²) in [7, 11) is 0. The maximum absolute atomic E-state index is 11.7. The number of carbonyl (C=O) groups excluding carboxylic acids is 2. The fourth-order valence-electron chi connectivity index (χ4n) is 2.48. The van der Waals surface area contributed by atoms with E-state index in [0.717, 1.165) is 4.90 Å². The normalized spacial score (nSPS) is 14.2. The highest BCUT2D eigenvalue weighted by molar-refractivity contribution is 6.39. The Labute approximate surface area is 146 Å². The topological polar surface area (TPSA) is 63.4 Å². The molecule has 0 saturated carbocycles. The van der Waals surface area contributed by atoms with Gasteiger partial charge < -0.3 is 4.42 Å². The number of carbonyl (C=O) groups is 2. The minimum atomic E-state index is -0.367. The Morgan fingerprint density at radius 1 is 0.875 bits per heavy atom. The SMILES string of the molecule is O=C1C=CC(=O)N1c1ccc(-c2nc3c(Cl)ccc(Cl)c3o2)cc1. The van der Waals surface area contributed by atoms with E-state index in [4.69, 9.17) is 27.6 Å². The quantitative estimate of drug-likeness (QED) is 0.643. The molecule has 0 spiro atoms. The van der Waals surface area contributed by atoms with Gasteiger partial charge in [-0.15, -0.1) is 0 Å². The molecule has 0 aliphatic carbocycles. The lowest BCUT2D eigenvalue weighted by molar-refractivity contribution is -0.119. The standard InChI is InChI=1S/C17H8Cl2N2O3/c18-11-5-6-12(19)16-15(11)20-17(24-16)9-1-3-10(4-2-9)21-13(22)7-8-14(21)23/h1-8H. The zero-order chi connectivity index (χ0) is 16.8. The van der Waals surface area contributed by atoms with Crippen molar-refractivity contribution in [2.45, 2.75) is 0 Å². The van der Waals surface area contributed by atoms with Gasteiger partial charge in [0.2, 0.25) is 5.89 Å². The van der Waals surface area contributed by atoms with Crippen LogP contribution < -0.4 is 4.90 Å². The van der Waals surface area contributed by atoms with Crippen molar-refractivity contribution in [3.63, 3.8) is 0 Å². The van der Waals surface area contributed by atoms with E-state index in [0.29, 0.717) is 38.3 Å². The third-order valence-electron chi connectivity index (χ3n) is 3.63. The fraction of sp³-hybridized carbons (Fsp3) is 0. The molecule has 4 rings (SSSR count). The van der Waals surface area contributed by atoms with Crippen LogP contribution in [0.15, 0.2) is 53.0 Å². The van der Waals surface area contributed by atoms with Crippen molar-refractivity contribution in [2.24, 2.45) is 0 Å². The number of oxazole rings is 1. The average Bonchev–Trinajstić information content (AvgIpc) is 3.16. The summed E-state index contributed by atoms with van der Waals surface area (Å²) in [6, 6.07) is 10.0. The van der Waals surface area contributed by atoms with Crippen molar-refractivity contribution >= 4 is 51.8 Å². The van der Waals surface area contributed by atoms with Gasteiger partial charge in [0.1, 0.15) is 5.52 Å². The monoisotopic (exact) mass is 358 g/mol. The number of benzene rings is 2. The second kappa shape index (κ2) is 5.47. The predicted octanol–water partition coefficient (Wildman–Crippen LogP) is 4.23. The molecule has 0 N–H and O–H groups in total. The van der Waals surface area contributed by atoms with Gasteiger partial charge in [-0.25, -0.2) is 9.88 Å². The second-order valence-corrected chi connectivity index (χ2v) is 5.93. The van der Waals surface area contributed by atoms with Crippen LogP contribution in [-0.4, -0.2) is 16.8 Å². The number of halogens is 2. The van der Waals surface area contributed by atoms with Crippen molar-refractivity contribution < 1.29 is 14.0 Å². The van der Waals surface area contributed by atoms with Crippen LogP contribution in [0.5, 0.6) is 0 Å². The lowest BCUT2D eigenvalue weighted by Gasteiger charge is -2.13. The molecule has 0 saturated heterocycles. The molecule has 118 valence electrons. The largest absolute Gasteiger partial charge is 0.434 e. The summed E-state index contributed by atoms with van der Waals surface area (Å²) in [5.74, 6) is -0.384. The molecule has 0 atom stereocenters. The van der Waals surface area contributed by atoms with Gasteiger partial charge in [-0.1, -0.05) is 23.2 Å². The van der Waals surface area contributed by atoms with Gasteiger partial charge in [-0.2, -0.15) is 0 Å². The number of hydrogen-bond donors (Lipinski definition) is 0. The first-order valence-corrected chi connectivity index (χ1v) is 7.71. The van der Waals surface area contributed by atoms with E-state index in [-0.39, 0.29) is 11.8 Å². The van der Waals surface area contributed by atoms with Crippen LogP contribution in [0.25, 0.3) is 22.6 Å². The zero-order valence-electron chi connectivity index (χ0n) is 12.0. The van der Waals surface area contributed by atoms with E-state index in [1.165, 1.54) is 12.2 Å². The van der Waals surface area contributed by atoms with Gasteiger partial charge in [0, 0.05) is 17.7 Å². The Hall–Kier alpha value is -2.63. The molecular weight excluding hydrogens is 351 g/mol. The van der Waals surface area contributed by atoms with Crippen LogP contribution in [0.2, 0.25) is 10.0 Å². The predicted molar refractivity (Wildman–Crippen MR) is 91.1 cm³/mol. The number of anilines is 1. The van der Waals surface area contributed by atoms with E-state index in [1.54, 1.807) is 36.4 Å². The first kappa shape index (κ1) is 14.9. The Morgan fingerprint density at radius 2 is 1.50 bits per heavy atom. The number of nitrogens with zero attached hydrogens (tertiary/aromatic N) is 2. The third-order valence-corrected chi connectivity index (χ3v) is 4.23. The van der Waals surface area contributed by atoms with E-state index in [2.05, 4.69) is 4.98 Å². The van der Waals surface area contributed by atoms with Crippen LogP contribution in [0, 0.1) is 0 Å². The van der Waals surface area contributed by atoms with Crippen LogP contribution >= 0.6 is 23.2 Å². The smallest absolute Gasteiger partial charge is 0.258 e. The minimum Gasteiger partial charge on any atom is -0.434 e. The highest BCUT2D eigenvalue weighted by atomic mass is 35.5. The maximum atomic E-state index is 11.7. The third kappa shape index (κ3) is 2.29. The van der Waals surface area contributed by atoms with Crippen molar-refractivity contribution in [2.75, 3.05) is 4.90 Å². The average molecular weight is 359 g/mol. The molecule has 3 aromatic rings. The molecule has 2 heterocycles. The Bertz CT molecular complexity index is 965. The van der Waals surface area contributed by atoms with E-state index in [9.17, 15) is 9.59 Å². The summed E-state index contributed by atoms with van der Waals surface area (Å²) in [4.78, 5) is 28.8. The Morgan fingerprint density at radius 3 is 2.12 bits per heavy atom. The number of aromatic nitrogens is 1. The molecule has 0 fully saturated rings. The number of imide groups is 1. The maximum Gasteiger partial charge on any atom is 0.258 e.